The van der Waals surface area contributed by atoms with Crippen molar-refractivity contribution >= 4 is 17.0 Å². The number of aliphatic carboxylic acids is 1. The lowest BCUT2D eigenvalue weighted by Gasteiger charge is -2.18. The van der Waals surface area contributed by atoms with Gasteiger partial charge in [-0.05, 0) is 31.0 Å². The summed E-state index contributed by atoms with van der Waals surface area (Å²) in [7, 11) is 1.77. The highest BCUT2D eigenvalue weighted by Gasteiger charge is 2.18. The van der Waals surface area contributed by atoms with E-state index in [9.17, 15) is 14.7 Å². The van der Waals surface area contributed by atoms with Gasteiger partial charge in [-0.3, -0.25) is 14.0 Å². The van der Waals surface area contributed by atoms with E-state index in [4.69, 9.17) is 19.6 Å². The van der Waals surface area contributed by atoms with E-state index in [-0.39, 0.29) is 24.6 Å². The summed E-state index contributed by atoms with van der Waals surface area (Å²) in [4.78, 5) is 29.1. The molecule has 2 aromatic heterocycles. The monoisotopic (exact) mass is 593 g/mol. The maximum atomic E-state index is 13.2. The molecule has 4 rings (SSSR count). The average molecular weight is 594 g/mol. The van der Waals surface area contributed by atoms with Crippen molar-refractivity contribution in [1.82, 2.24) is 19.3 Å². The average Bonchev–Trinajstić information content (AvgIpc) is 3.33. The summed E-state index contributed by atoms with van der Waals surface area (Å²) in [6.45, 7) is 6.86. The number of aliphatic hydroxyl groups excluding tert-OH is 1. The molecule has 232 valence electrons. The predicted molar refractivity (Wildman–Crippen MR) is 161 cm³/mol. The Morgan fingerprint density at radius 1 is 1.09 bits per heavy atom. The van der Waals surface area contributed by atoms with Crippen molar-refractivity contribution in [3.05, 3.63) is 87.6 Å². The van der Waals surface area contributed by atoms with Crippen molar-refractivity contribution in [1.29, 1.82) is 0 Å². The molecule has 0 aliphatic rings. The van der Waals surface area contributed by atoms with Crippen molar-refractivity contribution < 1.29 is 30.2 Å². The fraction of sp³-hybridized carbons (Fsp3) is 0.438. The van der Waals surface area contributed by atoms with Gasteiger partial charge < -0.3 is 30.2 Å². The largest absolute Gasteiger partial charge is 0.547 e. The standard InChI is InChI=1S/C24H32N4O5.C8H11NO/c1-5-8-18-21-22(27(4)26-18)23(29)28(20(6-2)25-21)13-14-33-17-11-9-16(10-12-17)15-19(24(30)31)32-7-3;9-8(6-10)7-4-2-1-3-5-7/h9-12,19H,5-8,13-15H2,1-4H3,(H,30,31);1-5,8,10H,6,9H2/t19-;/m0./s1. The number of aromatic nitrogens is 4. The topological polar surface area (TPSA) is 159 Å². The van der Waals surface area contributed by atoms with Crippen LogP contribution in [0.4, 0.5) is 0 Å². The van der Waals surface area contributed by atoms with Crippen LogP contribution in [0.2, 0.25) is 0 Å². The summed E-state index contributed by atoms with van der Waals surface area (Å²) in [6.07, 6.45) is 1.59. The van der Waals surface area contributed by atoms with Crippen LogP contribution in [0.5, 0.6) is 5.75 Å². The fourth-order valence-electron chi connectivity index (χ4n) is 4.70. The van der Waals surface area contributed by atoms with Crippen LogP contribution < -0.4 is 21.1 Å². The molecule has 0 saturated carbocycles. The number of benzene rings is 2. The molecule has 2 atom stereocenters. The Balaban J connectivity index is 0.000000428. The van der Waals surface area contributed by atoms with Crippen LogP contribution in [0, 0.1) is 0 Å². The Morgan fingerprint density at radius 3 is 2.37 bits per heavy atom. The maximum Gasteiger partial charge on any atom is 0.279 e. The molecule has 0 spiro atoms. The van der Waals surface area contributed by atoms with Crippen LogP contribution >= 0.6 is 0 Å². The molecule has 11 heteroatoms. The maximum absolute atomic E-state index is 13.2. The first-order chi connectivity index (χ1) is 20.7. The molecular weight excluding hydrogens is 550 g/mol. The van der Waals surface area contributed by atoms with E-state index in [1.807, 2.05) is 37.3 Å². The summed E-state index contributed by atoms with van der Waals surface area (Å²) >= 11 is 0. The number of nitrogens with zero attached hydrogens (tertiary/aromatic N) is 4. The van der Waals surface area contributed by atoms with Gasteiger partial charge in [-0.25, -0.2) is 4.98 Å². The van der Waals surface area contributed by atoms with E-state index in [0.717, 1.165) is 29.7 Å². The zero-order chi connectivity index (χ0) is 31.4. The second-order valence-corrected chi connectivity index (χ2v) is 10.1. The van der Waals surface area contributed by atoms with Gasteiger partial charge in [0, 0.05) is 32.1 Å². The van der Waals surface area contributed by atoms with Crippen LogP contribution in [0.15, 0.2) is 59.4 Å². The van der Waals surface area contributed by atoms with E-state index in [1.165, 1.54) is 0 Å². The highest BCUT2D eigenvalue weighted by Crippen LogP contribution is 2.17. The van der Waals surface area contributed by atoms with E-state index >= 15 is 0 Å². The Hall–Kier alpha value is -4.06. The van der Waals surface area contributed by atoms with Gasteiger partial charge in [-0.2, -0.15) is 5.10 Å². The molecule has 4 aromatic rings. The lowest BCUT2D eigenvalue weighted by Crippen LogP contribution is -2.55. The van der Waals surface area contributed by atoms with Gasteiger partial charge in [-0.1, -0.05) is 62.7 Å². The molecule has 0 aliphatic carbocycles. The van der Waals surface area contributed by atoms with Crippen LogP contribution in [-0.4, -0.2) is 56.3 Å². The first-order valence-corrected chi connectivity index (χ1v) is 14.7. The number of aryl methyl sites for hydroxylation is 3. The number of carbonyl (C=O) groups is 1. The van der Waals surface area contributed by atoms with Crippen molar-refractivity contribution in [2.24, 2.45) is 7.05 Å². The minimum Gasteiger partial charge on any atom is -0.547 e. The minimum atomic E-state index is -1.23. The number of quaternary nitrogens is 1. The van der Waals surface area contributed by atoms with E-state index < -0.39 is 12.1 Å². The van der Waals surface area contributed by atoms with Crippen molar-refractivity contribution in [3.63, 3.8) is 0 Å². The number of aliphatic hydroxyl groups is 1. The fourth-order valence-corrected chi connectivity index (χ4v) is 4.70. The molecule has 2 heterocycles. The lowest BCUT2D eigenvalue weighted by atomic mass is 10.1. The van der Waals surface area contributed by atoms with Gasteiger partial charge in [0.25, 0.3) is 5.56 Å². The molecule has 11 nitrogen and oxygen atoms in total. The molecule has 2 aromatic carbocycles. The number of rotatable bonds is 14. The number of hydrogen-bond donors (Lipinski definition) is 2. The number of carboxylic acid groups (broad SMARTS) is 1. The first-order valence-electron chi connectivity index (χ1n) is 14.7. The number of carboxylic acids is 1. The SMILES string of the molecule is CCCc1nn(C)c2c(=O)n(CCOc3ccc(C[C@H](OCC)C(=O)[O-])cc3)c(CC)nc12.[NH3+]C(CO)c1ccccc1. The summed E-state index contributed by atoms with van der Waals surface area (Å²) in [5, 5.41) is 24.4. The molecule has 0 amide bonds. The third kappa shape index (κ3) is 8.96. The third-order valence-corrected chi connectivity index (χ3v) is 6.95. The minimum absolute atomic E-state index is 0.0150. The highest BCUT2D eigenvalue weighted by molar-refractivity contribution is 5.76. The van der Waals surface area contributed by atoms with E-state index in [2.05, 4.69) is 17.8 Å². The van der Waals surface area contributed by atoms with Gasteiger partial charge in [0.1, 0.15) is 35.8 Å². The predicted octanol–water partition coefficient (Wildman–Crippen LogP) is 1.38. The highest BCUT2D eigenvalue weighted by atomic mass is 16.5. The molecule has 4 N–H and O–H groups in total. The molecule has 0 fully saturated rings. The molecular formula is C32H43N5O6. The van der Waals surface area contributed by atoms with Crippen molar-refractivity contribution in [2.45, 2.75) is 65.1 Å². The third-order valence-electron chi connectivity index (χ3n) is 6.95. The lowest BCUT2D eigenvalue weighted by molar-refractivity contribution is -0.432. The van der Waals surface area contributed by atoms with Crippen LogP contribution in [0.3, 0.4) is 0 Å². The summed E-state index contributed by atoms with van der Waals surface area (Å²) < 4.78 is 14.3. The number of fused-ring (bicyclic) bond motifs is 1. The molecule has 0 aliphatic heterocycles. The smallest absolute Gasteiger partial charge is 0.279 e. The quantitative estimate of drug-likeness (QED) is 0.222. The van der Waals surface area contributed by atoms with Gasteiger partial charge in [0.15, 0.2) is 5.52 Å². The molecule has 43 heavy (non-hydrogen) atoms. The Labute approximate surface area is 251 Å². The van der Waals surface area contributed by atoms with Gasteiger partial charge in [-0.15, -0.1) is 0 Å². The van der Waals surface area contributed by atoms with Crippen LogP contribution in [-0.2, 0) is 42.4 Å². The number of carbonyl (C=O) groups excluding carboxylic acids is 1. The zero-order valence-electron chi connectivity index (χ0n) is 25.5. The Bertz CT molecular complexity index is 1500. The summed E-state index contributed by atoms with van der Waals surface area (Å²) in [5.74, 6) is 0.113. The molecule has 1 unspecified atom stereocenters. The van der Waals surface area contributed by atoms with Gasteiger partial charge >= 0.3 is 0 Å². The molecule has 0 bridgehead atoms. The molecule has 0 radical (unpaired) electrons. The summed E-state index contributed by atoms with van der Waals surface area (Å²) in [5.41, 5.74) is 7.62. The molecule has 0 saturated heterocycles. The second kappa shape index (κ2) is 16.5. The normalized spacial score (nSPS) is 12.4. The van der Waals surface area contributed by atoms with E-state index in [0.29, 0.717) is 48.8 Å². The van der Waals surface area contributed by atoms with Crippen LogP contribution in [0.1, 0.15) is 55.9 Å². The second-order valence-electron chi connectivity index (χ2n) is 10.1. The Morgan fingerprint density at radius 2 is 1.79 bits per heavy atom. The van der Waals surface area contributed by atoms with E-state index in [1.54, 1.807) is 47.5 Å². The van der Waals surface area contributed by atoms with Crippen molar-refractivity contribution in [2.75, 3.05) is 19.8 Å². The van der Waals surface area contributed by atoms with Crippen molar-refractivity contribution in [3.8, 4) is 5.75 Å². The van der Waals surface area contributed by atoms with Gasteiger partial charge in [0.2, 0.25) is 0 Å². The summed E-state index contributed by atoms with van der Waals surface area (Å²) in [6, 6.07) is 16.9. The Kier molecular flexibility index (Phi) is 12.9. The first kappa shape index (κ1) is 33.4. The van der Waals surface area contributed by atoms with Crippen LogP contribution in [0.25, 0.3) is 11.0 Å². The van der Waals surface area contributed by atoms with Gasteiger partial charge in [0.05, 0.1) is 24.8 Å². The number of hydrogen-bond acceptors (Lipinski definition) is 8. The number of ether oxygens (including phenoxy) is 2. The zero-order valence-corrected chi connectivity index (χ0v) is 25.5.